The predicted octanol–water partition coefficient (Wildman–Crippen LogP) is 2.61. The molecule has 124 valence electrons. The van der Waals surface area contributed by atoms with Crippen molar-refractivity contribution >= 4 is 40.5 Å². The van der Waals surface area contributed by atoms with Crippen LogP contribution in [0.15, 0.2) is 46.9 Å². The van der Waals surface area contributed by atoms with Crippen LogP contribution in [0.4, 0.5) is 0 Å². The Morgan fingerprint density at radius 2 is 2.04 bits per heavy atom. The number of nitrogens with zero attached hydrogens (tertiary/aromatic N) is 2. The second-order valence-electron chi connectivity index (χ2n) is 5.38. The highest BCUT2D eigenvalue weighted by atomic mass is 35.5. The standard InChI is InChI=1S/C17H15ClN2O3S/c18-12-5-2-1-4-11(12)14-10-13(15-6-3-9-24-15)19-20(14)16(21)7-8-17(22)23/h1-6,9,14H,7-8,10H2,(H,22,23)/p-1/t14-/m0/s1. The van der Waals surface area contributed by atoms with E-state index in [1.165, 1.54) is 5.01 Å². The molecule has 1 amide bonds. The molecule has 1 aromatic carbocycles. The first-order chi connectivity index (χ1) is 11.6. The highest BCUT2D eigenvalue weighted by Gasteiger charge is 2.34. The fourth-order valence-electron chi connectivity index (χ4n) is 2.64. The molecule has 0 N–H and O–H groups in total. The Morgan fingerprint density at radius 3 is 2.71 bits per heavy atom. The minimum atomic E-state index is -1.25. The van der Waals surface area contributed by atoms with Gasteiger partial charge >= 0.3 is 0 Å². The molecule has 1 atom stereocenters. The van der Waals surface area contributed by atoms with E-state index in [4.69, 9.17) is 11.6 Å². The van der Waals surface area contributed by atoms with Crippen LogP contribution in [0.1, 0.15) is 35.7 Å². The second kappa shape index (κ2) is 7.15. The molecule has 2 heterocycles. The van der Waals surface area contributed by atoms with Crippen LogP contribution >= 0.6 is 22.9 Å². The van der Waals surface area contributed by atoms with Gasteiger partial charge in [-0.05, 0) is 29.5 Å². The van der Waals surface area contributed by atoms with Crippen molar-refractivity contribution < 1.29 is 14.7 Å². The van der Waals surface area contributed by atoms with Crippen molar-refractivity contribution in [3.8, 4) is 0 Å². The summed E-state index contributed by atoms with van der Waals surface area (Å²) in [5, 5.41) is 19.0. The minimum Gasteiger partial charge on any atom is -0.550 e. The molecule has 0 unspecified atom stereocenters. The van der Waals surface area contributed by atoms with E-state index in [1.54, 1.807) is 17.4 Å². The molecule has 24 heavy (non-hydrogen) atoms. The monoisotopic (exact) mass is 361 g/mol. The van der Waals surface area contributed by atoms with Crippen LogP contribution in [0.5, 0.6) is 0 Å². The van der Waals surface area contributed by atoms with Gasteiger partial charge in [0.2, 0.25) is 5.91 Å². The zero-order chi connectivity index (χ0) is 17.1. The third-order valence-corrected chi connectivity index (χ3v) is 5.04. The van der Waals surface area contributed by atoms with Gasteiger partial charge in [0, 0.05) is 23.8 Å². The molecule has 2 aromatic rings. The molecule has 0 bridgehead atoms. The summed E-state index contributed by atoms with van der Waals surface area (Å²) < 4.78 is 0. The predicted molar refractivity (Wildman–Crippen MR) is 90.8 cm³/mol. The molecule has 1 aliphatic heterocycles. The first-order valence-corrected chi connectivity index (χ1v) is 8.69. The van der Waals surface area contributed by atoms with Crippen molar-refractivity contribution in [1.82, 2.24) is 5.01 Å². The van der Waals surface area contributed by atoms with Gasteiger partial charge in [-0.2, -0.15) is 5.10 Å². The number of hydrogen-bond acceptors (Lipinski definition) is 5. The lowest BCUT2D eigenvalue weighted by Crippen LogP contribution is -2.30. The molecule has 5 nitrogen and oxygen atoms in total. The SMILES string of the molecule is O=C([O-])CCC(=O)N1N=C(c2cccs2)C[C@H]1c1ccccc1Cl. The normalized spacial score (nSPS) is 17.0. The fraction of sp³-hybridized carbons (Fsp3) is 0.235. The zero-order valence-electron chi connectivity index (χ0n) is 12.6. The maximum atomic E-state index is 12.4. The van der Waals surface area contributed by atoms with Crippen molar-refractivity contribution in [3.05, 3.63) is 57.2 Å². The summed E-state index contributed by atoms with van der Waals surface area (Å²) in [5.41, 5.74) is 1.60. The zero-order valence-corrected chi connectivity index (χ0v) is 14.2. The number of hydrogen-bond donors (Lipinski definition) is 0. The third kappa shape index (κ3) is 3.49. The van der Waals surface area contributed by atoms with Gasteiger partial charge in [0.05, 0.1) is 16.6 Å². The van der Waals surface area contributed by atoms with Crippen LogP contribution in [0, 0.1) is 0 Å². The summed E-state index contributed by atoms with van der Waals surface area (Å²) >= 11 is 7.83. The lowest BCUT2D eigenvalue weighted by Gasteiger charge is -2.23. The van der Waals surface area contributed by atoms with E-state index in [9.17, 15) is 14.7 Å². The number of carbonyl (C=O) groups excluding carboxylic acids is 2. The van der Waals surface area contributed by atoms with Crippen molar-refractivity contribution in [2.45, 2.75) is 25.3 Å². The first-order valence-electron chi connectivity index (χ1n) is 7.44. The molecule has 3 rings (SSSR count). The summed E-state index contributed by atoms with van der Waals surface area (Å²) in [7, 11) is 0. The topological polar surface area (TPSA) is 72.8 Å². The minimum absolute atomic E-state index is 0.148. The van der Waals surface area contributed by atoms with Crippen LogP contribution in [0.3, 0.4) is 0 Å². The molecule has 0 aliphatic carbocycles. The molecule has 1 aliphatic rings. The number of halogens is 1. The van der Waals surface area contributed by atoms with Gasteiger partial charge < -0.3 is 9.90 Å². The van der Waals surface area contributed by atoms with Gasteiger partial charge in [0.25, 0.3) is 0 Å². The van der Waals surface area contributed by atoms with E-state index in [-0.39, 0.29) is 24.8 Å². The molecular weight excluding hydrogens is 348 g/mol. The summed E-state index contributed by atoms with van der Waals surface area (Å²) in [6.07, 6.45) is 0.0697. The van der Waals surface area contributed by atoms with Crippen LogP contribution in [-0.2, 0) is 9.59 Å². The summed E-state index contributed by atoms with van der Waals surface area (Å²) in [6.45, 7) is 0. The highest BCUT2D eigenvalue weighted by Crippen LogP contribution is 2.37. The van der Waals surface area contributed by atoms with Gasteiger partial charge in [-0.1, -0.05) is 35.9 Å². The molecule has 0 fully saturated rings. The third-order valence-electron chi connectivity index (χ3n) is 3.78. The summed E-state index contributed by atoms with van der Waals surface area (Å²) in [5.74, 6) is -1.60. The van der Waals surface area contributed by atoms with Crippen LogP contribution in [-0.4, -0.2) is 22.6 Å². The van der Waals surface area contributed by atoms with E-state index >= 15 is 0 Å². The van der Waals surface area contributed by atoms with E-state index in [2.05, 4.69) is 5.10 Å². The smallest absolute Gasteiger partial charge is 0.243 e. The van der Waals surface area contributed by atoms with Gasteiger partial charge in [-0.25, -0.2) is 5.01 Å². The number of amides is 1. The maximum absolute atomic E-state index is 12.4. The van der Waals surface area contributed by atoms with E-state index in [0.29, 0.717) is 11.4 Å². The molecule has 0 saturated carbocycles. The number of benzene rings is 1. The number of thiophene rings is 1. The van der Waals surface area contributed by atoms with Crippen molar-refractivity contribution in [3.63, 3.8) is 0 Å². The number of hydrazone groups is 1. The maximum Gasteiger partial charge on any atom is 0.243 e. The van der Waals surface area contributed by atoms with Gasteiger partial charge in [0.1, 0.15) is 0 Å². The van der Waals surface area contributed by atoms with Crippen molar-refractivity contribution in [2.75, 3.05) is 0 Å². The molecule has 1 aromatic heterocycles. The number of rotatable bonds is 5. The summed E-state index contributed by atoms with van der Waals surface area (Å²) in [6, 6.07) is 10.8. The Bertz CT molecular complexity index is 789. The van der Waals surface area contributed by atoms with Crippen LogP contribution < -0.4 is 5.11 Å². The Morgan fingerprint density at radius 1 is 1.25 bits per heavy atom. The van der Waals surface area contributed by atoms with E-state index < -0.39 is 5.97 Å². The number of aliphatic carboxylic acids is 1. The molecular formula is C17H14ClN2O3S-. The average Bonchev–Trinajstić information content (AvgIpc) is 3.22. The number of carbonyl (C=O) groups is 2. The lowest BCUT2D eigenvalue weighted by molar-refractivity contribution is -0.305. The summed E-state index contributed by atoms with van der Waals surface area (Å²) in [4.78, 5) is 24.1. The first kappa shape index (κ1) is 16.7. The van der Waals surface area contributed by atoms with Crippen molar-refractivity contribution in [1.29, 1.82) is 0 Å². The van der Waals surface area contributed by atoms with Gasteiger partial charge in [-0.15, -0.1) is 11.3 Å². The number of carboxylic acids is 1. The van der Waals surface area contributed by atoms with E-state index in [0.717, 1.165) is 16.2 Å². The van der Waals surface area contributed by atoms with Crippen LogP contribution in [0.25, 0.3) is 0 Å². The lowest BCUT2D eigenvalue weighted by atomic mass is 10.0. The van der Waals surface area contributed by atoms with Crippen molar-refractivity contribution in [2.24, 2.45) is 5.10 Å². The Hall–Kier alpha value is -2.18. The molecule has 0 spiro atoms. The quantitative estimate of drug-likeness (QED) is 0.821. The largest absolute Gasteiger partial charge is 0.550 e. The van der Waals surface area contributed by atoms with Gasteiger partial charge in [0.15, 0.2) is 0 Å². The Balaban J connectivity index is 1.91. The Kier molecular flexibility index (Phi) is 4.97. The van der Waals surface area contributed by atoms with Crippen LogP contribution in [0.2, 0.25) is 5.02 Å². The second-order valence-corrected chi connectivity index (χ2v) is 6.73. The molecule has 0 saturated heterocycles. The Labute approximate surface area is 148 Å². The molecule has 0 radical (unpaired) electrons. The fourth-order valence-corrected chi connectivity index (χ4v) is 3.63. The van der Waals surface area contributed by atoms with Gasteiger partial charge in [-0.3, -0.25) is 4.79 Å². The highest BCUT2D eigenvalue weighted by molar-refractivity contribution is 7.12. The molecule has 7 heteroatoms. The average molecular weight is 362 g/mol. The number of carboxylic acid groups (broad SMARTS) is 1. The van der Waals surface area contributed by atoms with E-state index in [1.807, 2.05) is 35.7 Å².